The van der Waals surface area contributed by atoms with Crippen molar-refractivity contribution in [3.8, 4) is 16.9 Å². The summed E-state index contributed by atoms with van der Waals surface area (Å²) in [6.45, 7) is -0.146. The van der Waals surface area contributed by atoms with Crippen LogP contribution in [0.4, 0.5) is 0 Å². The van der Waals surface area contributed by atoms with Crippen molar-refractivity contribution in [2.75, 3.05) is 6.61 Å². The summed E-state index contributed by atoms with van der Waals surface area (Å²) in [7, 11) is 0. The molecule has 0 saturated carbocycles. The van der Waals surface area contributed by atoms with E-state index in [0.29, 0.717) is 23.6 Å². The van der Waals surface area contributed by atoms with Gasteiger partial charge < -0.3 is 14.9 Å². The fourth-order valence-corrected chi connectivity index (χ4v) is 3.84. The second-order valence-corrected chi connectivity index (χ2v) is 8.45. The third-order valence-electron chi connectivity index (χ3n) is 5.59. The number of benzene rings is 4. The van der Waals surface area contributed by atoms with Gasteiger partial charge in [-0.05, 0) is 64.6 Å². The van der Waals surface area contributed by atoms with Crippen LogP contribution in [0.3, 0.4) is 0 Å². The van der Waals surface area contributed by atoms with E-state index >= 15 is 0 Å². The first kappa shape index (κ1) is 23.7. The Labute approximate surface area is 204 Å². The Balaban J connectivity index is 1.37. The third-order valence-corrected chi connectivity index (χ3v) is 5.96. The topological polar surface area (TPSA) is 66.8 Å². The van der Waals surface area contributed by atoms with E-state index in [9.17, 15) is 9.90 Å². The number of carbonyl (C=O) groups is 1. The van der Waals surface area contributed by atoms with Gasteiger partial charge >= 0.3 is 0 Å². The summed E-state index contributed by atoms with van der Waals surface area (Å²) in [4.78, 5) is 12.1. The molecule has 5 heteroatoms. The lowest BCUT2D eigenvalue weighted by Gasteiger charge is -2.11. The van der Waals surface area contributed by atoms with Gasteiger partial charge in [-0.3, -0.25) is 4.79 Å². The summed E-state index contributed by atoms with van der Waals surface area (Å²) in [5.74, 6) is 0.234. The number of ketones is 1. The quantitative estimate of drug-likeness (QED) is 0.306. The summed E-state index contributed by atoms with van der Waals surface area (Å²) in [6.07, 6.45) is -0.906. The molecule has 1 atom stereocenters. The first-order valence-corrected chi connectivity index (χ1v) is 11.4. The van der Waals surface area contributed by atoms with Gasteiger partial charge in [0.2, 0.25) is 0 Å². The molecule has 4 aromatic carbocycles. The molecule has 0 aliphatic heterocycles. The van der Waals surface area contributed by atoms with E-state index in [2.05, 4.69) is 36.4 Å². The molecule has 0 aliphatic rings. The summed E-state index contributed by atoms with van der Waals surface area (Å²) in [5.41, 5.74) is 5.54. The molecular formula is C29H25ClO4. The maximum atomic E-state index is 12.1. The number of ether oxygens (including phenoxy) is 1. The molecule has 172 valence electrons. The van der Waals surface area contributed by atoms with Crippen LogP contribution >= 0.6 is 11.6 Å². The van der Waals surface area contributed by atoms with E-state index < -0.39 is 18.5 Å². The highest BCUT2D eigenvalue weighted by molar-refractivity contribution is 6.31. The molecule has 0 radical (unpaired) electrons. The minimum absolute atomic E-state index is 0.319. The maximum Gasteiger partial charge on any atom is 0.193 e. The van der Waals surface area contributed by atoms with Crippen LogP contribution in [0.5, 0.6) is 5.75 Å². The lowest BCUT2D eigenvalue weighted by Crippen LogP contribution is -2.24. The smallest absolute Gasteiger partial charge is 0.193 e. The molecule has 0 saturated heterocycles. The van der Waals surface area contributed by atoms with Crippen molar-refractivity contribution >= 4 is 17.4 Å². The third kappa shape index (κ3) is 5.91. The van der Waals surface area contributed by atoms with Gasteiger partial charge in [-0.25, -0.2) is 0 Å². The molecule has 4 rings (SSSR count). The number of hydrogen-bond acceptors (Lipinski definition) is 4. The predicted octanol–water partition coefficient (Wildman–Crippen LogP) is 5.71. The van der Waals surface area contributed by atoms with Crippen LogP contribution in [0.15, 0.2) is 97.1 Å². The lowest BCUT2D eigenvalue weighted by atomic mass is 9.99. The monoisotopic (exact) mass is 472 g/mol. The van der Waals surface area contributed by atoms with Crippen LogP contribution in [0.1, 0.15) is 27.0 Å². The second-order valence-electron chi connectivity index (χ2n) is 8.04. The van der Waals surface area contributed by atoms with Gasteiger partial charge in [-0.15, -0.1) is 0 Å². The Hall–Kier alpha value is -3.44. The summed E-state index contributed by atoms with van der Waals surface area (Å²) < 4.78 is 5.93. The van der Waals surface area contributed by atoms with E-state index in [4.69, 9.17) is 21.4 Å². The maximum absolute atomic E-state index is 12.1. The fraction of sp³-hybridized carbons (Fsp3) is 0.138. The molecule has 0 bridgehead atoms. The normalized spacial score (nSPS) is 11.7. The first-order valence-electron chi connectivity index (χ1n) is 11.0. The van der Waals surface area contributed by atoms with Gasteiger partial charge in [0.15, 0.2) is 5.78 Å². The molecule has 0 amide bonds. The van der Waals surface area contributed by atoms with E-state index in [1.165, 1.54) is 11.1 Å². The molecule has 0 fully saturated rings. The molecule has 0 spiro atoms. The van der Waals surface area contributed by atoms with Crippen molar-refractivity contribution in [1.29, 1.82) is 0 Å². The van der Waals surface area contributed by atoms with Gasteiger partial charge in [0.05, 0.1) is 6.61 Å². The lowest BCUT2D eigenvalue weighted by molar-refractivity contribution is 0.0587. The molecule has 0 unspecified atom stereocenters. The molecule has 2 N–H and O–H groups in total. The Kier molecular flexibility index (Phi) is 7.76. The van der Waals surface area contributed by atoms with Crippen LogP contribution < -0.4 is 4.74 Å². The van der Waals surface area contributed by atoms with Crippen LogP contribution in [0.25, 0.3) is 11.1 Å². The van der Waals surface area contributed by atoms with Gasteiger partial charge in [0.25, 0.3) is 0 Å². The van der Waals surface area contributed by atoms with Gasteiger partial charge in [0.1, 0.15) is 18.5 Å². The fourth-order valence-electron chi connectivity index (χ4n) is 3.65. The number of rotatable bonds is 9. The highest BCUT2D eigenvalue weighted by Gasteiger charge is 2.17. The molecule has 0 aliphatic carbocycles. The van der Waals surface area contributed by atoms with Crippen LogP contribution in [-0.2, 0) is 13.0 Å². The van der Waals surface area contributed by atoms with Crippen LogP contribution in [-0.4, -0.2) is 28.7 Å². The zero-order chi connectivity index (χ0) is 23.9. The van der Waals surface area contributed by atoms with E-state index in [-0.39, 0.29) is 0 Å². The van der Waals surface area contributed by atoms with Gasteiger partial charge in [-0.1, -0.05) is 78.3 Å². The Morgan fingerprint density at radius 1 is 0.824 bits per heavy atom. The minimum atomic E-state index is -1.43. The van der Waals surface area contributed by atoms with Crippen LogP contribution in [0.2, 0.25) is 5.02 Å². The molecule has 0 heterocycles. The van der Waals surface area contributed by atoms with Crippen molar-refractivity contribution in [3.05, 3.63) is 124 Å². The average Bonchev–Trinajstić information content (AvgIpc) is 2.89. The van der Waals surface area contributed by atoms with Crippen molar-refractivity contribution in [1.82, 2.24) is 0 Å². The standard InChI is InChI=1S/C29H25ClO4/c30-27-15-12-24(29(33)28(32)18-31)17-25(27)16-20-8-13-26(14-9-20)34-19-21-6-10-23(11-7-21)22-4-2-1-3-5-22/h1-15,17,28,31-32H,16,18-19H2/t28-/m1/s1. The van der Waals surface area contributed by atoms with E-state index in [1.54, 1.807) is 18.2 Å². The van der Waals surface area contributed by atoms with Crippen molar-refractivity contribution < 1.29 is 19.7 Å². The Morgan fingerprint density at radius 2 is 1.47 bits per heavy atom. The zero-order valence-electron chi connectivity index (χ0n) is 18.5. The predicted molar refractivity (Wildman–Crippen MR) is 134 cm³/mol. The number of halogens is 1. The summed E-state index contributed by atoms with van der Waals surface area (Å²) >= 11 is 6.32. The van der Waals surface area contributed by atoms with Gasteiger partial charge in [0, 0.05) is 10.6 Å². The van der Waals surface area contributed by atoms with E-state index in [1.807, 2.05) is 42.5 Å². The minimum Gasteiger partial charge on any atom is -0.489 e. The van der Waals surface area contributed by atoms with Crippen LogP contribution in [0, 0.1) is 0 Å². The Morgan fingerprint density at radius 3 is 2.15 bits per heavy atom. The Bertz CT molecular complexity index is 1240. The number of aliphatic hydroxyl groups excluding tert-OH is 2. The molecule has 34 heavy (non-hydrogen) atoms. The second kappa shape index (κ2) is 11.1. The van der Waals surface area contributed by atoms with Crippen molar-refractivity contribution in [2.24, 2.45) is 0 Å². The molecule has 4 aromatic rings. The summed E-state index contributed by atoms with van der Waals surface area (Å²) in [5, 5.41) is 19.2. The zero-order valence-corrected chi connectivity index (χ0v) is 19.3. The van der Waals surface area contributed by atoms with E-state index in [0.717, 1.165) is 22.4 Å². The molecule has 0 aromatic heterocycles. The average molecular weight is 473 g/mol. The number of aliphatic hydroxyl groups is 2. The highest BCUT2D eigenvalue weighted by Crippen LogP contribution is 2.24. The SMILES string of the molecule is O=C(c1ccc(Cl)c(Cc2ccc(OCc3ccc(-c4ccccc4)cc3)cc2)c1)[C@H](O)CO. The first-order chi connectivity index (χ1) is 16.5. The molecular weight excluding hydrogens is 448 g/mol. The largest absolute Gasteiger partial charge is 0.489 e. The summed E-state index contributed by atoms with van der Waals surface area (Å²) in [6, 6.07) is 31.2. The number of Topliss-reactive ketones (excluding diaryl/α,β-unsaturated/α-hetero) is 1. The van der Waals surface area contributed by atoms with Crippen molar-refractivity contribution in [2.45, 2.75) is 19.1 Å². The van der Waals surface area contributed by atoms with Gasteiger partial charge in [-0.2, -0.15) is 0 Å². The molecule has 4 nitrogen and oxygen atoms in total. The number of hydrogen-bond donors (Lipinski definition) is 2. The van der Waals surface area contributed by atoms with Crippen molar-refractivity contribution in [3.63, 3.8) is 0 Å². The highest BCUT2D eigenvalue weighted by atomic mass is 35.5. The number of carbonyl (C=O) groups excluding carboxylic acids is 1.